The number of likely N-dealkylation sites (tertiary alicyclic amines) is 1. The SMILES string of the molecule is CCCCOc1ccc(/C(O)=C2\C(=O)C(=O)N(Cc3cccnc3)[C@@H]2c2ccc(OCC)c(OC)c2)cc1C. The molecule has 2 heterocycles. The number of carbonyl (C=O) groups excluding carboxylic acids is 2. The van der Waals surface area contributed by atoms with Crippen molar-refractivity contribution in [2.75, 3.05) is 20.3 Å². The van der Waals surface area contributed by atoms with E-state index in [1.807, 2.05) is 19.9 Å². The van der Waals surface area contributed by atoms with Crippen LogP contribution in [0.2, 0.25) is 0 Å². The van der Waals surface area contributed by atoms with E-state index in [2.05, 4.69) is 11.9 Å². The number of pyridine rings is 1. The molecule has 1 aliphatic heterocycles. The molecular weight excluding hydrogens is 496 g/mol. The molecule has 39 heavy (non-hydrogen) atoms. The predicted molar refractivity (Wildman–Crippen MR) is 148 cm³/mol. The van der Waals surface area contributed by atoms with Crippen LogP contribution >= 0.6 is 0 Å². The second-order valence-corrected chi connectivity index (χ2v) is 9.31. The lowest BCUT2D eigenvalue weighted by molar-refractivity contribution is -0.140. The zero-order valence-corrected chi connectivity index (χ0v) is 22.8. The fraction of sp³-hybridized carbons (Fsp3) is 0.323. The van der Waals surface area contributed by atoms with Crippen LogP contribution in [-0.4, -0.2) is 47.0 Å². The first-order valence-corrected chi connectivity index (χ1v) is 13.1. The largest absolute Gasteiger partial charge is 0.507 e. The first kappa shape index (κ1) is 27.7. The number of Topliss-reactive ketones (excluding diaryl/α,β-unsaturated/α-hetero) is 1. The van der Waals surface area contributed by atoms with Crippen molar-refractivity contribution in [1.29, 1.82) is 0 Å². The molecule has 2 aromatic carbocycles. The summed E-state index contributed by atoms with van der Waals surface area (Å²) in [7, 11) is 1.53. The van der Waals surface area contributed by atoms with Gasteiger partial charge in [0.05, 0.1) is 31.9 Å². The van der Waals surface area contributed by atoms with Crippen molar-refractivity contribution < 1.29 is 28.9 Å². The minimum atomic E-state index is -0.851. The topological polar surface area (TPSA) is 98.2 Å². The van der Waals surface area contributed by atoms with Gasteiger partial charge in [0.15, 0.2) is 11.5 Å². The number of carbonyl (C=O) groups is 2. The van der Waals surface area contributed by atoms with E-state index in [1.54, 1.807) is 54.9 Å². The molecule has 1 amide bonds. The molecule has 3 aromatic rings. The fourth-order valence-electron chi connectivity index (χ4n) is 4.65. The monoisotopic (exact) mass is 530 g/mol. The lowest BCUT2D eigenvalue weighted by Crippen LogP contribution is -2.29. The number of methoxy groups -OCH3 is 1. The third kappa shape index (κ3) is 5.90. The summed E-state index contributed by atoms with van der Waals surface area (Å²) in [5.74, 6) is 0.0191. The predicted octanol–water partition coefficient (Wildman–Crippen LogP) is 5.60. The molecule has 0 aliphatic carbocycles. The second kappa shape index (κ2) is 12.5. The second-order valence-electron chi connectivity index (χ2n) is 9.31. The molecule has 0 spiro atoms. The number of aliphatic hydroxyl groups excluding tert-OH is 1. The Morgan fingerprint density at radius 3 is 2.49 bits per heavy atom. The summed E-state index contributed by atoms with van der Waals surface area (Å²) in [6.07, 6.45) is 5.25. The number of unbranched alkanes of at least 4 members (excludes halogenated alkanes) is 1. The highest BCUT2D eigenvalue weighted by molar-refractivity contribution is 6.46. The molecule has 8 nitrogen and oxygen atoms in total. The molecule has 0 bridgehead atoms. The Bertz CT molecular complexity index is 1370. The molecule has 1 N–H and O–H groups in total. The average Bonchev–Trinajstić information content (AvgIpc) is 3.19. The zero-order valence-electron chi connectivity index (χ0n) is 22.8. The van der Waals surface area contributed by atoms with Gasteiger partial charge in [0, 0.05) is 24.5 Å². The maximum absolute atomic E-state index is 13.4. The van der Waals surface area contributed by atoms with Crippen molar-refractivity contribution >= 4 is 17.4 Å². The molecule has 1 aliphatic rings. The van der Waals surface area contributed by atoms with E-state index in [1.165, 1.54) is 12.0 Å². The summed E-state index contributed by atoms with van der Waals surface area (Å²) >= 11 is 0. The number of nitrogens with zero attached hydrogens (tertiary/aromatic N) is 2. The molecule has 4 rings (SSSR count). The Balaban J connectivity index is 1.82. The van der Waals surface area contributed by atoms with Gasteiger partial charge in [0.1, 0.15) is 11.5 Å². The lowest BCUT2D eigenvalue weighted by atomic mass is 9.94. The first-order chi connectivity index (χ1) is 18.9. The summed E-state index contributed by atoms with van der Waals surface area (Å²) < 4.78 is 17.0. The number of hydrogen-bond donors (Lipinski definition) is 1. The van der Waals surface area contributed by atoms with Crippen LogP contribution in [0.4, 0.5) is 0 Å². The highest BCUT2D eigenvalue weighted by Crippen LogP contribution is 2.43. The number of ether oxygens (including phenoxy) is 3. The van der Waals surface area contributed by atoms with Crippen molar-refractivity contribution in [3.63, 3.8) is 0 Å². The molecule has 1 atom stereocenters. The van der Waals surface area contributed by atoms with E-state index in [0.717, 1.165) is 24.0 Å². The number of ketones is 1. The van der Waals surface area contributed by atoms with Gasteiger partial charge >= 0.3 is 0 Å². The molecule has 0 radical (unpaired) electrons. The van der Waals surface area contributed by atoms with Crippen LogP contribution in [0.1, 0.15) is 55.0 Å². The normalized spacial score (nSPS) is 16.4. The molecule has 204 valence electrons. The minimum absolute atomic E-state index is 0.00848. The van der Waals surface area contributed by atoms with Gasteiger partial charge in [0.2, 0.25) is 0 Å². The van der Waals surface area contributed by atoms with Gasteiger partial charge in [0.25, 0.3) is 11.7 Å². The molecule has 1 fully saturated rings. The summed E-state index contributed by atoms with van der Waals surface area (Å²) in [4.78, 5) is 32.4. The van der Waals surface area contributed by atoms with Crippen LogP contribution in [0.5, 0.6) is 17.2 Å². The van der Waals surface area contributed by atoms with Crippen molar-refractivity contribution in [2.24, 2.45) is 0 Å². The average molecular weight is 531 g/mol. The molecule has 1 saturated heterocycles. The molecule has 0 saturated carbocycles. The molecule has 8 heteroatoms. The summed E-state index contributed by atoms with van der Waals surface area (Å²) in [5, 5.41) is 11.5. The molecule has 1 aromatic heterocycles. The van der Waals surface area contributed by atoms with Gasteiger partial charge in [-0.25, -0.2) is 0 Å². The Labute approximate surface area is 228 Å². The summed E-state index contributed by atoms with van der Waals surface area (Å²) in [6, 6.07) is 13.3. The van der Waals surface area contributed by atoms with Crippen molar-refractivity contribution in [3.05, 3.63) is 88.8 Å². The van der Waals surface area contributed by atoms with Crippen molar-refractivity contribution in [1.82, 2.24) is 9.88 Å². The third-order valence-corrected chi connectivity index (χ3v) is 6.62. The number of benzene rings is 2. The Morgan fingerprint density at radius 2 is 1.82 bits per heavy atom. The van der Waals surface area contributed by atoms with Gasteiger partial charge in [-0.1, -0.05) is 25.5 Å². The van der Waals surface area contributed by atoms with Crippen LogP contribution in [0.15, 0.2) is 66.5 Å². The minimum Gasteiger partial charge on any atom is -0.507 e. The fourth-order valence-corrected chi connectivity index (χ4v) is 4.65. The van der Waals surface area contributed by atoms with E-state index in [0.29, 0.717) is 41.6 Å². The standard InChI is InChI=1S/C31H34N2O6/c1-5-7-15-39-24-12-11-23(16-20(24)3)29(34)27-28(22-10-13-25(38-6-2)26(17-22)37-4)33(31(36)30(27)35)19-21-9-8-14-32-18-21/h8-14,16-18,28,34H,5-7,15,19H2,1-4H3/b29-27+/t28-/m1/s1. The van der Waals surface area contributed by atoms with Gasteiger partial charge < -0.3 is 24.2 Å². The van der Waals surface area contributed by atoms with E-state index in [-0.39, 0.29) is 17.9 Å². The van der Waals surface area contributed by atoms with E-state index in [9.17, 15) is 14.7 Å². The Morgan fingerprint density at radius 1 is 1.03 bits per heavy atom. The van der Waals surface area contributed by atoms with Crippen molar-refractivity contribution in [3.8, 4) is 17.2 Å². The van der Waals surface area contributed by atoms with Gasteiger partial charge in [-0.2, -0.15) is 0 Å². The summed E-state index contributed by atoms with van der Waals surface area (Å²) in [5.41, 5.74) is 2.62. The number of aromatic nitrogens is 1. The molecule has 0 unspecified atom stereocenters. The van der Waals surface area contributed by atoms with Gasteiger partial charge in [-0.3, -0.25) is 14.6 Å². The maximum atomic E-state index is 13.4. The Kier molecular flexibility index (Phi) is 8.86. The van der Waals surface area contributed by atoms with Crippen LogP contribution in [0.3, 0.4) is 0 Å². The van der Waals surface area contributed by atoms with Crippen LogP contribution in [-0.2, 0) is 16.1 Å². The number of rotatable bonds is 11. The zero-order chi connectivity index (χ0) is 27.9. The quantitative estimate of drug-likeness (QED) is 0.149. The first-order valence-electron chi connectivity index (χ1n) is 13.1. The third-order valence-electron chi connectivity index (χ3n) is 6.62. The highest BCUT2D eigenvalue weighted by Gasteiger charge is 2.46. The number of hydrogen-bond acceptors (Lipinski definition) is 7. The molecular formula is C31H34N2O6. The Hall–Kier alpha value is -4.33. The van der Waals surface area contributed by atoms with Crippen LogP contribution < -0.4 is 14.2 Å². The van der Waals surface area contributed by atoms with E-state index >= 15 is 0 Å². The van der Waals surface area contributed by atoms with Crippen LogP contribution in [0, 0.1) is 6.92 Å². The maximum Gasteiger partial charge on any atom is 0.295 e. The lowest BCUT2D eigenvalue weighted by Gasteiger charge is -2.26. The van der Waals surface area contributed by atoms with E-state index < -0.39 is 17.7 Å². The smallest absolute Gasteiger partial charge is 0.295 e. The van der Waals surface area contributed by atoms with Gasteiger partial charge in [-0.05, 0) is 73.4 Å². The van der Waals surface area contributed by atoms with Gasteiger partial charge in [-0.15, -0.1) is 0 Å². The van der Waals surface area contributed by atoms with Crippen LogP contribution in [0.25, 0.3) is 5.76 Å². The summed E-state index contributed by atoms with van der Waals surface area (Å²) in [6.45, 7) is 7.04. The number of amides is 1. The number of aryl methyl sites for hydroxylation is 1. The number of aliphatic hydroxyl groups is 1. The van der Waals surface area contributed by atoms with E-state index in [4.69, 9.17) is 14.2 Å². The highest BCUT2D eigenvalue weighted by atomic mass is 16.5. The van der Waals surface area contributed by atoms with Crippen molar-refractivity contribution in [2.45, 2.75) is 46.2 Å².